The van der Waals surface area contributed by atoms with Crippen molar-refractivity contribution in [1.82, 2.24) is 0 Å². The van der Waals surface area contributed by atoms with E-state index in [-0.39, 0.29) is 11.7 Å². The molecule has 162 valence electrons. The summed E-state index contributed by atoms with van der Waals surface area (Å²) in [6, 6.07) is 30.5. The first-order chi connectivity index (χ1) is 16.1. The van der Waals surface area contributed by atoms with E-state index in [2.05, 4.69) is 4.99 Å². The maximum Gasteiger partial charge on any atom is 0.297 e. The molecule has 0 fully saturated rings. The minimum atomic E-state index is -1.36. The normalized spacial score (nSPS) is 18.3. The lowest BCUT2D eigenvalue weighted by Crippen LogP contribution is -2.38. The number of carbonyl (C=O) groups excluding carboxylic acids is 1. The van der Waals surface area contributed by atoms with Crippen LogP contribution in [-0.2, 0) is 9.53 Å². The molecule has 1 N–H and O–H groups in total. The monoisotopic (exact) mass is 433 g/mol. The number of phenolic OH excluding ortho intramolecular Hbond substituents is 1. The summed E-state index contributed by atoms with van der Waals surface area (Å²) in [5.74, 6) is 0.00720. The van der Waals surface area contributed by atoms with E-state index in [1.54, 1.807) is 6.07 Å². The van der Waals surface area contributed by atoms with Gasteiger partial charge in [0.15, 0.2) is 0 Å². The topological polar surface area (TPSA) is 58.9 Å². The van der Waals surface area contributed by atoms with Crippen LogP contribution >= 0.6 is 0 Å². The number of hydrogen-bond donors (Lipinski definition) is 1. The van der Waals surface area contributed by atoms with Crippen molar-refractivity contribution < 1.29 is 14.6 Å². The molecule has 4 nitrogen and oxygen atoms in total. The molecule has 1 amide bonds. The van der Waals surface area contributed by atoms with E-state index < -0.39 is 5.60 Å². The second-order valence-corrected chi connectivity index (χ2v) is 8.02. The second-order valence-electron chi connectivity index (χ2n) is 8.02. The first-order valence-corrected chi connectivity index (χ1v) is 11.0. The molecule has 1 heterocycles. The van der Waals surface area contributed by atoms with Gasteiger partial charge in [-0.3, -0.25) is 4.79 Å². The molecule has 4 heteroatoms. The second kappa shape index (κ2) is 8.40. The predicted molar refractivity (Wildman–Crippen MR) is 132 cm³/mol. The van der Waals surface area contributed by atoms with Crippen molar-refractivity contribution in [2.24, 2.45) is 4.99 Å². The standard InChI is InChI=1S/C29H23NO3/c1-2-29(28(32)30-27(33-29)22-14-7-4-8-15-22)24(19-20-11-5-3-6-12-20)26-23-16-10-9-13-21(23)17-18-25(26)31/h3-19,31H,2H2,1H3/b24-19+/t29-/m1/s1. The molecule has 1 aliphatic heterocycles. The molecule has 0 aromatic heterocycles. The minimum Gasteiger partial charge on any atom is -0.507 e. The molecular weight excluding hydrogens is 410 g/mol. The number of aromatic hydroxyl groups is 1. The predicted octanol–water partition coefficient (Wildman–Crippen LogP) is 6.24. The number of nitrogens with zero attached hydrogens (tertiary/aromatic N) is 1. The molecule has 33 heavy (non-hydrogen) atoms. The smallest absolute Gasteiger partial charge is 0.297 e. The summed E-state index contributed by atoms with van der Waals surface area (Å²) in [5, 5.41) is 12.9. The zero-order valence-electron chi connectivity index (χ0n) is 18.2. The third-order valence-corrected chi connectivity index (χ3v) is 6.06. The van der Waals surface area contributed by atoms with Crippen LogP contribution < -0.4 is 0 Å². The van der Waals surface area contributed by atoms with Crippen molar-refractivity contribution >= 4 is 34.2 Å². The summed E-state index contributed by atoms with van der Waals surface area (Å²) in [7, 11) is 0. The van der Waals surface area contributed by atoms with Crippen LogP contribution in [-0.4, -0.2) is 22.5 Å². The van der Waals surface area contributed by atoms with E-state index in [9.17, 15) is 9.90 Å². The lowest BCUT2D eigenvalue weighted by atomic mass is 9.81. The van der Waals surface area contributed by atoms with Crippen LogP contribution in [0.5, 0.6) is 5.75 Å². The van der Waals surface area contributed by atoms with Gasteiger partial charge in [0.1, 0.15) is 5.75 Å². The molecule has 0 saturated carbocycles. The Morgan fingerprint density at radius 3 is 2.30 bits per heavy atom. The van der Waals surface area contributed by atoms with Gasteiger partial charge in [0.05, 0.1) is 0 Å². The highest BCUT2D eigenvalue weighted by molar-refractivity contribution is 6.18. The van der Waals surface area contributed by atoms with Crippen LogP contribution in [0.3, 0.4) is 0 Å². The van der Waals surface area contributed by atoms with E-state index >= 15 is 0 Å². The van der Waals surface area contributed by atoms with Crippen LogP contribution in [0.25, 0.3) is 22.4 Å². The van der Waals surface area contributed by atoms with Crippen LogP contribution in [0.1, 0.15) is 30.0 Å². The van der Waals surface area contributed by atoms with Gasteiger partial charge in [0.25, 0.3) is 5.91 Å². The van der Waals surface area contributed by atoms with Crippen molar-refractivity contribution in [2.45, 2.75) is 18.9 Å². The van der Waals surface area contributed by atoms with Crippen LogP contribution in [0.2, 0.25) is 0 Å². The molecule has 1 atom stereocenters. The first kappa shape index (κ1) is 20.7. The van der Waals surface area contributed by atoms with E-state index in [0.29, 0.717) is 23.5 Å². The van der Waals surface area contributed by atoms with Crippen molar-refractivity contribution in [3.8, 4) is 5.75 Å². The van der Waals surface area contributed by atoms with Gasteiger partial charge in [-0.2, -0.15) is 4.99 Å². The van der Waals surface area contributed by atoms with E-state index in [1.165, 1.54) is 0 Å². The Balaban J connectivity index is 1.75. The Labute approximate surface area is 192 Å². The van der Waals surface area contributed by atoms with Gasteiger partial charge in [0.2, 0.25) is 11.5 Å². The number of amides is 1. The molecular formula is C29H23NO3. The number of phenols is 1. The summed E-state index contributed by atoms with van der Waals surface area (Å²) in [4.78, 5) is 17.8. The average molecular weight is 434 g/mol. The van der Waals surface area contributed by atoms with Gasteiger partial charge in [-0.25, -0.2) is 0 Å². The van der Waals surface area contributed by atoms with Crippen LogP contribution in [0, 0.1) is 0 Å². The lowest BCUT2D eigenvalue weighted by Gasteiger charge is -2.30. The Morgan fingerprint density at radius 2 is 1.58 bits per heavy atom. The van der Waals surface area contributed by atoms with Crippen molar-refractivity contribution in [3.63, 3.8) is 0 Å². The fourth-order valence-electron chi connectivity index (χ4n) is 4.35. The highest BCUT2D eigenvalue weighted by Crippen LogP contribution is 2.45. The van der Waals surface area contributed by atoms with Crippen LogP contribution in [0.15, 0.2) is 102 Å². The molecule has 1 aliphatic rings. The van der Waals surface area contributed by atoms with Crippen molar-refractivity contribution in [2.75, 3.05) is 0 Å². The summed E-state index contributed by atoms with van der Waals surface area (Å²) >= 11 is 0. The average Bonchev–Trinajstić information content (AvgIpc) is 3.21. The number of hydrogen-bond acceptors (Lipinski definition) is 3. The van der Waals surface area contributed by atoms with Gasteiger partial charge in [0, 0.05) is 16.7 Å². The molecule has 0 radical (unpaired) electrons. The number of benzene rings is 4. The SMILES string of the molecule is CC[C@]1(/C(=C/c2ccccc2)c2c(O)ccc3ccccc23)OC(c2ccccc2)=NC1=O. The molecule has 4 aromatic carbocycles. The summed E-state index contributed by atoms with van der Waals surface area (Å²) in [5.41, 5.74) is 1.45. The molecule has 0 unspecified atom stereocenters. The minimum absolute atomic E-state index is 0.0910. The third-order valence-electron chi connectivity index (χ3n) is 6.06. The first-order valence-electron chi connectivity index (χ1n) is 11.0. The van der Waals surface area contributed by atoms with Gasteiger partial charge < -0.3 is 9.84 Å². The zero-order chi connectivity index (χ0) is 22.8. The van der Waals surface area contributed by atoms with Gasteiger partial charge in [-0.05, 0) is 47.0 Å². The molecule has 0 bridgehead atoms. The van der Waals surface area contributed by atoms with Gasteiger partial charge in [-0.15, -0.1) is 0 Å². The Bertz CT molecular complexity index is 1390. The lowest BCUT2D eigenvalue weighted by molar-refractivity contribution is -0.126. The number of carbonyl (C=O) groups is 1. The maximum absolute atomic E-state index is 13.5. The Hall–Kier alpha value is -4.18. The quantitative estimate of drug-likeness (QED) is 0.379. The van der Waals surface area contributed by atoms with E-state index in [4.69, 9.17) is 4.74 Å². The molecule has 0 spiro atoms. The number of fused-ring (bicyclic) bond motifs is 1. The molecule has 4 aromatic rings. The summed E-state index contributed by atoms with van der Waals surface area (Å²) in [6.07, 6.45) is 2.28. The highest BCUT2D eigenvalue weighted by Gasteiger charge is 2.50. The van der Waals surface area contributed by atoms with Gasteiger partial charge >= 0.3 is 0 Å². The van der Waals surface area contributed by atoms with Crippen LogP contribution in [0.4, 0.5) is 0 Å². The maximum atomic E-state index is 13.5. The number of rotatable bonds is 5. The van der Waals surface area contributed by atoms with E-state index in [1.807, 2.05) is 104 Å². The zero-order valence-corrected chi connectivity index (χ0v) is 18.2. The fraction of sp³-hybridized carbons (Fsp3) is 0.103. The molecule has 0 saturated heterocycles. The number of aliphatic imine (C=N–C) groups is 1. The Morgan fingerprint density at radius 1 is 0.909 bits per heavy atom. The molecule has 0 aliphatic carbocycles. The summed E-state index contributed by atoms with van der Waals surface area (Å²) in [6.45, 7) is 1.91. The third kappa shape index (κ3) is 3.60. The fourth-order valence-corrected chi connectivity index (χ4v) is 4.35. The molecule has 5 rings (SSSR count). The van der Waals surface area contributed by atoms with E-state index in [0.717, 1.165) is 21.9 Å². The largest absolute Gasteiger partial charge is 0.507 e. The summed E-state index contributed by atoms with van der Waals surface area (Å²) < 4.78 is 6.41. The van der Waals surface area contributed by atoms with Crippen molar-refractivity contribution in [1.29, 1.82) is 0 Å². The van der Waals surface area contributed by atoms with Gasteiger partial charge in [-0.1, -0.05) is 85.8 Å². The Kier molecular flexibility index (Phi) is 5.27. The van der Waals surface area contributed by atoms with Crippen molar-refractivity contribution in [3.05, 3.63) is 114 Å². The highest BCUT2D eigenvalue weighted by atomic mass is 16.5. The number of ether oxygens (including phenoxy) is 1.